The summed E-state index contributed by atoms with van der Waals surface area (Å²) in [6, 6.07) is 0. The summed E-state index contributed by atoms with van der Waals surface area (Å²) in [5.74, 6) is 1.25. The van der Waals surface area contributed by atoms with Gasteiger partial charge in [0.05, 0.1) is 0 Å². The fourth-order valence-electron chi connectivity index (χ4n) is 1.66. The minimum absolute atomic E-state index is 0.525. The van der Waals surface area contributed by atoms with Gasteiger partial charge in [-0.3, -0.25) is 0 Å². The molecule has 1 radical (unpaired) electrons. The quantitative estimate of drug-likeness (QED) is 0.417. The summed E-state index contributed by atoms with van der Waals surface area (Å²) in [6.45, 7) is 14.8. The van der Waals surface area contributed by atoms with Crippen molar-refractivity contribution in [3.63, 3.8) is 0 Å². The minimum atomic E-state index is 0.525. The number of nitrogens with one attached hydrogen (secondary N) is 2. The van der Waals surface area contributed by atoms with Gasteiger partial charge in [-0.05, 0) is 0 Å². The number of unbranched alkanes of at least 4 members (excludes halogenated alkanes) is 2. The number of hydrogen-bond acceptors (Lipinski definition) is 2. The molecule has 0 aromatic rings. The van der Waals surface area contributed by atoms with Gasteiger partial charge in [0.2, 0.25) is 0 Å². The van der Waals surface area contributed by atoms with E-state index in [9.17, 15) is 0 Å². The first-order chi connectivity index (χ1) is 8.93. The predicted octanol–water partition coefficient (Wildman–Crippen LogP) is 3.24. The van der Waals surface area contributed by atoms with Crippen molar-refractivity contribution in [3.05, 3.63) is 12.3 Å². The Labute approximate surface area is 121 Å². The molecule has 0 bridgehead atoms. The third-order valence-corrected chi connectivity index (χ3v) is 3.25. The van der Waals surface area contributed by atoms with Crippen LogP contribution in [0.1, 0.15) is 59.8 Å². The van der Waals surface area contributed by atoms with Gasteiger partial charge in [0.25, 0.3) is 0 Å². The Balaban J connectivity index is 3.31. The number of hydrogen-bond donors (Lipinski definition) is 2. The van der Waals surface area contributed by atoms with Crippen LogP contribution in [0.3, 0.4) is 0 Å². The van der Waals surface area contributed by atoms with Crippen molar-refractivity contribution in [2.75, 3.05) is 13.1 Å². The summed E-state index contributed by atoms with van der Waals surface area (Å²) in [4.78, 5) is 0. The van der Waals surface area contributed by atoms with E-state index in [2.05, 4.69) is 44.9 Å². The summed E-state index contributed by atoms with van der Waals surface area (Å²) in [5, 5.41) is 6.68. The maximum absolute atomic E-state index is 5.92. The van der Waals surface area contributed by atoms with Crippen molar-refractivity contribution < 1.29 is 0 Å². The molecule has 0 aliphatic rings. The molecule has 0 fully saturated rings. The van der Waals surface area contributed by atoms with Crippen LogP contribution in [0.2, 0.25) is 0 Å². The molecule has 0 heterocycles. The van der Waals surface area contributed by atoms with Crippen LogP contribution >= 0.6 is 0 Å². The Kier molecular flexibility index (Phi) is 10.7. The van der Waals surface area contributed by atoms with Crippen molar-refractivity contribution >= 4 is 13.1 Å². The second-order valence-corrected chi connectivity index (χ2v) is 6.05. The molecule has 0 aliphatic carbocycles. The molecule has 2 nitrogen and oxygen atoms in total. The predicted molar refractivity (Wildman–Crippen MR) is 88.7 cm³/mol. The Hall–Kier alpha value is -0.725. The van der Waals surface area contributed by atoms with E-state index < -0.39 is 0 Å². The van der Waals surface area contributed by atoms with E-state index in [0.717, 1.165) is 36.7 Å². The van der Waals surface area contributed by atoms with Crippen molar-refractivity contribution in [3.8, 4) is 0 Å². The van der Waals surface area contributed by atoms with Gasteiger partial charge in [-0.25, -0.2) is 0 Å². The molecule has 0 aromatic heterocycles. The SMILES string of the molecule is [B]=C(CCC(C)C)NCCCCCNC(=C)C(C)C. The average molecular weight is 263 g/mol. The summed E-state index contributed by atoms with van der Waals surface area (Å²) in [5.41, 5.74) is 2.09. The van der Waals surface area contributed by atoms with Gasteiger partial charge < -0.3 is 0 Å². The van der Waals surface area contributed by atoms with Crippen molar-refractivity contribution in [2.24, 2.45) is 11.8 Å². The fourth-order valence-corrected chi connectivity index (χ4v) is 1.66. The second-order valence-electron chi connectivity index (χ2n) is 6.05. The first-order valence-corrected chi connectivity index (χ1v) is 7.71. The normalized spacial score (nSPS) is 10.8. The third kappa shape index (κ3) is 12.1. The summed E-state index contributed by atoms with van der Waals surface area (Å²) in [6.07, 6.45) is 5.76. The van der Waals surface area contributed by atoms with E-state index in [1.54, 1.807) is 0 Å². The molecule has 109 valence electrons. The molecule has 0 unspecified atom stereocenters. The molecule has 0 amide bonds. The topological polar surface area (TPSA) is 24.1 Å². The van der Waals surface area contributed by atoms with Crippen LogP contribution in [0.15, 0.2) is 12.3 Å². The van der Waals surface area contributed by atoms with Gasteiger partial charge in [0.15, 0.2) is 0 Å². The Bertz CT molecular complexity index is 259. The van der Waals surface area contributed by atoms with E-state index in [-0.39, 0.29) is 0 Å². The molecule has 0 atom stereocenters. The fraction of sp³-hybridized carbons (Fsp3) is 0.812. The first kappa shape index (κ1) is 18.3. The van der Waals surface area contributed by atoms with Crippen molar-refractivity contribution in [1.29, 1.82) is 0 Å². The molecular formula is C16H32BN2. The van der Waals surface area contributed by atoms with E-state index in [1.165, 1.54) is 25.7 Å². The molecule has 0 spiro atoms. The van der Waals surface area contributed by atoms with Gasteiger partial charge in [-0.1, -0.05) is 0 Å². The van der Waals surface area contributed by atoms with Gasteiger partial charge >= 0.3 is 121 Å². The molecule has 0 aliphatic heterocycles. The van der Waals surface area contributed by atoms with Crippen molar-refractivity contribution in [2.45, 2.75) is 59.8 Å². The zero-order valence-corrected chi connectivity index (χ0v) is 13.4. The number of rotatable bonds is 12. The maximum atomic E-state index is 5.92. The average Bonchev–Trinajstić information content (AvgIpc) is 2.34. The zero-order chi connectivity index (χ0) is 14.7. The van der Waals surface area contributed by atoms with E-state index in [4.69, 9.17) is 7.49 Å². The zero-order valence-electron chi connectivity index (χ0n) is 13.4. The summed E-state index contributed by atoms with van der Waals surface area (Å²) in [7, 11) is 5.92. The van der Waals surface area contributed by atoms with Crippen LogP contribution in [0.25, 0.3) is 0 Å². The van der Waals surface area contributed by atoms with Crippen LogP contribution < -0.4 is 10.6 Å². The molecule has 19 heavy (non-hydrogen) atoms. The Morgan fingerprint density at radius 1 is 1.00 bits per heavy atom. The van der Waals surface area contributed by atoms with Crippen LogP contribution in [0.5, 0.6) is 0 Å². The monoisotopic (exact) mass is 263 g/mol. The molecule has 0 saturated heterocycles. The molecular weight excluding hydrogens is 231 g/mol. The van der Waals surface area contributed by atoms with Crippen LogP contribution in [-0.2, 0) is 0 Å². The molecule has 3 heteroatoms. The van der Waals surface area contributed by atoms with E-state index >= 15 is 0 Å². The number of allylic oxidation sites excluding steroid dienone is 1. The second kappa shape index (κ2) is 11.1. The van der Waals surface area contributed by atoms with Crippen LogP contribution in [0, 0.1) is 11.8 Å². The van der Waals surface area contributed by atoms with Gasteiger partial charge in [0, 0.05) is 0 Å². The summed E-state index contributed by atoms with van der Waals surface area (Å²) >= 11 is 0. The van der Waals surface area contributed by atoms with Crippen molar-refractivity contribution in [1.82, 2.24) is 10.6 Å². The molecule has 0 aromatic carbocycles. The summed E-state index contributed by atoms with van der Waals surface area (Å²) < 4.78 is 0. The van der Waals surface area contributed by atoms with Gasteiger partial charge in [0.1, 0.15) is 0 Å². The standard InChI is InChI=1S/C16H32BN2/c1-13(2)9-10-16(17)19-12-8-6-7-11-18-15(5)14(3)4/h13-14,18-19H,5-12H2,1-4H3. The Morgan fingerprint density at radius 3 is 2.11 bits per heavy atom. The van der Waals surface area contributed by atoms with Gasteiger partial charge in [-0.15, -0.1) is 0 Å². The molecule has 0 saturated carbocycles. The van der Waals surface area contributed by atoms with E-state index in [0.29, 0.717) is 5.92 Å². The Morgan fingerprint density at radius 2 is 1.58 bits per heavy atom. The van der Waals surface area contributed by atoms with Crippen LogP contribution in [-0.4, -0.2) is 26.2 Å². The van der Waals surface area contributed by atoms with E-state index in [1.807, 2.05) is 0 Å². The molecule has 0 rings (SSSR count). The van der Waals surface area contributed by atoms with Crippen LogP contribution in [0.4, 0.5) is 0 Å². The third-order valence-electron chi connectivity index (χ3n) is 3.25. The first-order valence-electron chi connectivity index (χ1n) is 7.71. The molecule has 2 N–H and O–H groups in total. The van der Waals surface area contributed by atoms with Gasteiger partial charge in [-0.2, -0.15) is 0 Å².